The Labute approximate surface area is 105 Å². The number of rotatable bonds is 7. The lowest BCUT2D eigenvalue weighted by Crippen LogP contribution is -2.24. The Bertz CT molecular complexity index is 517. The highest BCUT2D eigenvalue weighted by molar-refractivity contribution is 7.88. The van der Waals surface area contributed by atoms with Gasteiger partial charge in [0.2, 0.25) is 15.8 Å². The van der Waals surface area contributed by atoms with Crippen molar-refractivity contribution in [3.63, 3.8) is 0 Å². The highest BCUT2D eigenvalue weighted by atomic mass is 32.2. The minimum absolute atomic E-state index is 0.103. The van der Waals surface area contributed by atoms with Crippen molar-refractivity contribution in [3.8, 4) is 0 Å². The van der Waals surface area contributed by atoms with Gasteiger partial charge in [-0.1, -0.05) is 0 Å². The molecule has 0 bridgehead atoms. The third-order valence-corrected chi connectivity index (χ3v) is 2.72. The molecule has 1 heterocycles. The Hall–Kier alpha value is -1.74. The summed E-state index contributed by atoms with van der Waals surface area (Å²) in [6, 6.07) is 2.83. The molecule has 1 aromatic rings. The number of sulfonamides is 1. The number of nitrogens with zero attached hydrogens (tertiary/aromatic N) is 2. The normalized spacial score (nSPS) is 11.2. The van der Waals surface area contributed by atoms with Gasteiger partial charge in [0.1, 0.15) is 0 Å². The number of nitro groups is 1. The lowest BCUT2D eigenvalue weighted by atomic mass is 10.3. The minimum atomic E-state index is -3.19. The van der Waals surface area contributed by atoms with Crippen molar-refractivity contribution in [1.82, 2.24) is 9.71 Å². The summed E-state index contributed by atoms with van der Waals surface area (Å²) in [6.07, 6.45) is 3.02. The second-order valence-electron chi connectivity index (χ2n) is 3.58. The van der Waals surface area contributed by atoms with Gasteiger partial charge in [-0.3, -0.25) is 10.1 Å². The molecule has 0 amide bonds. The van der Waals surface area contributed by atoms with Crippen LogP contribution in [0.25, 0.3) is 0 Å². The molecule has 0 aliphatic rings. The molecule has 0 radical (unpaired) electrons. The zero-order valence-corrected chi connectivity index (χ0v) is 10.6. The fourth-order valence-electron chi connectivity index (χ4n) is 1.23. The highest BCUT2D eigenvalue weighted by Crippen LogP contribution is 2.19. The first-order valence-corrected chi connectivity index (χ1v) is 7.07. The van der Waals surface area contributed by atoms with E-state index < -0.39 is 14.9 Å². The molecule has 0 aliphatic carbocycles. The quantitative estimate of drug-likeness (QED) is 0.421. The van der Waals surface area contributed by atoms with E-state index in [0.29, 0.717) is 13.0 Å². The third kappa shape index (κ3) is 5.06. The number of anilines is 1. The molecule has 100 valence electrons. The van der Waals surface area contributed by atoms with Crippen LogP contribution in [0.15, 0.2) is 18.3 Å². The summed E-state index contributed by atoms with van der Waals surface area (Å²) >= 11 is 0. The summed E-state index contributed by atoms with van der Waals surface area (Å²) in [6.45, 7) is 0.660. The van der Waals surface area contributed by atoms with E-state index in [9.17, 15) is 18.5 Å². The van der Waals surface area contributed by atoms with Gasteiger partial charge in [0.15, 0.2) is 0 Å². The Kier molecular flexibility index (Phi) is 4.98. The van der Waals surface area contributed by atoms with Crippen molar-refractivity contribution in [2.75, 3.05) is 24.7 Å². The maximum atomic E-state index is 10.8. The molecule has 9 heteroatoms. The van der Waals surface area contributed by atoms with Crippen LogP contribution in [0.4, 0.5) is 11.5 Å². The van der Waals surface area contributed by atoms with Gasteiger partial charge in [-0.2, -0.15) is 0 Å². The molecule has 0 aliphatic heterocycles. The van der Waals surface area contributed by atoms with Crippen molar-refractivity contribution in [3.05, 3.63) is 28.4 Å². The topological polar surface area (TPSA) is 114 Å². The standard InChI is InChI=1S/C9H14N4O4S/c1-18(16,17)12-7-3-6-11-9-8(13(14)15)4-2-5-10-9/h2,4-5,12H,3,6-7H2,1H3,(H,10,11). The average molecular weight is 274 g/mol. The lowest BCUT2D eigenvalue weighted by Gasteiger charge is -2.05. The maximum absolute atomic E-state index is 10.8. The number of aromatic nitrogens is 1. The van der Waals surface area contributed by atoms with E-state index >= 15 is 0 Å². The number of nitrogens with one attached hydrogen (secondary N) is 2. The fourth-order valence-corrected chi connectivity index (χ4v) is 1.75. The van der Waals surface area contributed by atoms with Gasteiger partial charge < -0.3 is 5.32 Å². The van der Waals surface area contributed by atoms with Gasteiger partial charge in [-0.25, -0.2) is 18.1 Å². The molecule has 0 unspecified atom stereocenters. The van der Waals surface area contributed by atoms with E-state index in [1.807, 2.05) is 0 Å². The second kappa shape index (κ2) is 6.26. The van der Waals surface area contributed by atoms with Gasteiger partial charge in [0, 0.05) is 25.4 Å². The Morgan fingerprint density at radius 1 is 1.44 bits per heavy atom. The van der Waals surface area contributed by atoms with Gasteiger partial charge in [-0.05, 0) is 12.5 Å². The summed E-state index contributed by atoms with van der Waals surface area (Å²) in [5, 5.41) is 13.5. The number of hydrogen-bond donors (Lipinski definition) is 2. The fraction of sp³-hybridized carbons (Fsp3) is 0.444. The lowest BCUT2D eigenvalue weighted by molar-refractivity contribution is -0.384. The Balaban J connectivity index is 2.42. The van der Waals surface area contributed by atoms with Crippen LogP contribution in [0.5, 0.6) is 0 Å². The van der Waals surface area contributed by atoms with Crippen LogP contribution in [0, 0.1) is 10.1 Å². The summed E-state index contributed by atoms with van der Waals surface area (Å²) in [5.74, 6) is 0.182. The minimum Gasteiger partial charge on any atom is -0.364 e. The molecule has 0 fully saturated rings. The van der Waals surface area contributed by atoms with E-state index in [4.69, 9.17) is 0 Å². The molecule has 8 nitrogen and oxygen atoms in total. The SMILES string of the molecule is CS(=O)(=O)NCCCNc1ncccc1[N+](=O)[O-]. The van der Waals surface area contributed by atoms with Crippen molar-refractivity contribution in [2.24, 2.45) is 0 Å². The van der Waals surface area contributed by atoms with Crippen LogP contribution in [0.2, 0.25) is 0 Å². The zero-order valence-electron chi connectivity index (χ0n) is 9.79. The summed E-state index contributed by atoms with van der Waals surface area (Å²) in [5.41, 5.74) is -0.103. The van der Waals surface area contributed by atoms with E-state index in [1.54, 1.807) is 0 Å². The molecule has 0 aromatic carbocycles. The van der Waals surface area contributed by atoms with Crippen molar-refractivity contribution < 1.29 is 13.3 Å². The largest absolute Gasteiger partial charge is 0.364 e. The van der Waals surface area contributed by atoms with Gasteiger partial charge in [0.25, 0.3) is 0 Å². The zero-order chi connectivity index (χ0) is 13.6. The van der Waals surface area contributed by atoms with Crippen LogP contribution in [-0.4, -0.2) is 37.7 Å². The predicted molar refractivity (Wildman–Crippen MR) is 66.8 cm³/mol. The number of pyridine rings is 1. The maximum Gasteiger partial charge on any atom is 0.311 e. The van der Waals surface area contributed by atoms with Crippen LogP contribution >= 0.6 is 0 Å². The Morgan fingerprint density at radius 2 is 2.17 bits per heavy atom. The van der Waals surface area contributed by atoms with Gasteiger partial charge in [0.05, 0.1) is 11.2 Å². The molecular weight excluding hydrogens is 260 g/mol. The molecule has 0 saturated heterocycles. The van der Waals surface area contributed by atoms with Gasteiger partial charge >= 0.3 is 5.69 Å². The molecular formula is C9H14N4O4S. The molecule has 0 saturated carbocycles. The predicted octanol–water partition coefficient (Wildman–Crippen LogP) is 0.341. The molecule has 2 N–H and O–H groups in total. The molecule has 1 aromatic heterocycles. The first kappa shape index (κ1) is 14.3. The van der Waals surface area contributed by atoms with Crippen molar-refractivity contribution in [2.45, 2.75) is 6.42 Å². The third-order valence-electron chi connectivity index (χ3n) is 1.99. The first-order valence-electron chi connectivity index (χ1n) is 5.18. The van der Waals surface area contributed by atoms with Crippen molar-refractivity contribution in [1.29, 1.82) is 0 Å². The second-order valence-corrected chi connectivity index (χ2v) is 5.41. The highest BCUT2D eigenvalue weighted by Gasteiger charge is 2.12. The first-order chi connectivity index (χ1) is 8.40. The van der Waals surface area contributed by atoms with Gasteiger partial charge in [-0.15, -0.1) is 0 Å². The Morgan fingerprint density at radius 3 is 2.78 bits per heavy atom. The summed E-state index contributed by atoms with van der Waals surface area (Å²) < 4.78 is 23.9. The van der Waals surface area contributed by atoms with E-state index in [2.05, 4.69) is 15.0 Å². The summed E-state index contributed by atoms with van der Waals surface area (Å²) in [7, 11) is -3.19. The molecule has 0 atom stereocenters. The average Bonchev–Trinajstić information content (AvgIpc) is 2.27. The smallest absolute Gasteiger partial charge is 0.311 e. The van der Waals surface area contributed by atoms with Crippen LogP contribution in [0.3, 0.4) is 0 Å². The number of hydrogen-bond acceptors (Lipinski definition) is 6. The van der Waals surface area contributed by atoms with Crippen LogP contribution < -0.4 is 10.0 Å². The van der Waals surface area contributed by atoms with Crippen LogP contribution in [-0.2, 0) is 10.0 Å². The van der Waals surface area contributed by atoms with E-state index in [0.717, 1.165) is 6.26 Å². The van der Waals surface area contributed by atoms with Crippen molar-refractivity contribution >= 4 is 21.5 Å². The van der Waals surface area contributed by atoms with E-state index in [1.165, 1.54) is 18.3 Å². The molecule has 1 rings (SSSR count). The molecule has 18 heavy (non-hydrogen) atoms. The molecule has 0 spiro atoms. The van der Waals surface area contributed by atoms with Crippen LogP contribution in [0.1, 0.15) is 6.42 Å². The van der Waals surface area contributed by atoms with E-state index in [-0.39, 0.29) is 18.1 Å². The summed E-state index contributed by atoms with van der Waals surface area (Å²) in [4.78, 5) is 14.0. The monoisotopic (exact) mass is 274 g/mol.